The Balaban J connectivity index is 1.62. The van der Waals surface area contributed by atoms with Crippen LogP contribution in [0.25, 0.3) is 28.0 Å². The third-order valence-corrected chi connectivity index (χ3v) is 6.59. The van der Waals surface area contributed by atoms with Gasteiger partial charge in [0.05, 0.1) is 16.5 Å². The lowest BCUT2D eigenvalue weighted by molar-refractivity contribution is -0.102. The molecule has 0 aliphatic carbocycles. The van der Waals surface area contributed by atoms with Gasteiger partial charge < -0.3 is 28.2 Å². The lowest BCUT2D eigenvalue weighted by atomic mass is 9.87. The average molecular weight is 488 g/mol. The largest absolute Gasteiger partial charge is 0.484 e. The second kappa shape index (κ2) is 7.48. The highest BCUT2D eigenvalue weighted by Gasteiger charge is 2.46. The van der Waals surface area contributed by atoms with Crippen LogP contribution in [0.5, 0.6) is 17.2 Å². The molecule has 2 aromatic heterocycles. The fourth-order valence-electron chi connectivity index (χ4n) is 4.76. The van der Waals surface area contributed by atoms with Crippen molar-refractivity contribution < 1.29 is 28.2 Å². The summed E-state index contributed by atoms with van der Waals surface area (Å²) in [5.74, 6) is 1.27. The Bertz CT molecular complexity index is 1690. The molecule has 0 fully saturated rings. The summed E-state index contributed by atoms with van der Waals surface area (Å²) >= 11 is 0. The number of ether oxygens (including phenoxy) is 3. The van der Waals surface area contributed by atoms with Crippen LogP contribution in [0.1, 0.15) is 44.9 Å². The maximum absolute atomic E-state index is 12.1. The molecule has 2 atom stereocenters. The van der Waals surface area contributed by atoms with Crippen LogP contribution < -0.4 is 25.5 Å². The van der Waals surface area contributed by atoms with Crippen molar-refractivity contribution in [3.05, 3.63) is 80.5 Å². The zero-order valence-corrected chi connectivity index (χ0v) is 20.2. The molecule has 1 N–H and O–H groups in total. The lowest BCUT2D eigenvalue weighted by Gasteiger charge is -2.42. The van der Waals surface area contributed by atoms with Gasteiger partial charge in [-0.1, -0.05) is 0 Å². The van der Waals surface area contributed by atoms with Crippen LogP contribution in [0.2, 0.25) is 0 Å². The molecule has 6 rings (SSSR count). The third kappa shape index (κ3) is 3.48. The Morgan fingerprint density at radius 1 is 0.889 bits per heavy atom. The van der Waals surface area contributed by atoms with Crippen LogP contribution in [0, 0.1) is 0 Å². The highest BCUT2D eigenvalue weighted by atomic mass is 16.5. The molecule has 8 nitrogen and oxygen atoms in total. The molecule has 0 bridgehead atoms. The Hall–Kier alpha value is -4.04. The second-order valence-electron chi connectivity index (χ2n) is 10.2. The van der Waals surface area contributed by atoms with Crippen LogP contribution in [0.3, 0.4) is 0 Å². The van der Waals surface area contributed by atoms with E-state index in [9.17, 15) is 14.7 Å². The molecule has 4 heterocycles. The molecule has 2 aliphatic rings. The fraction of sp³-hybridized carbons (Fsp3) is 0.286. The number of benzene rings is 2. The van der Waals surface area contributed by atoms with E-state index in [4.69, 9.17) is 23.0 Å². The van der Waals surface area contributed by atoms with Gasteiger partial charge in [-0.25, -0.2) is 9.59 Å². The maximum Gasteiger partial charge on any atom is 0.336 e. The van der Waals surface area contributed by atoms with Crippen molar-refractivity contribution in [2.24, 2.45) is 0 Å². The van der Waals surface area contributed by atoms with Crippen molar-refractivity contribution in [1.82, 2.24) is 0 Å². The molecule has 0 unspecified atom stereocenters. The van der Waals surface area contributed by atoms with Crippen molar-refractivity contribution in [3.8, 4) is 17.2 Å². The molecule has 0 spiro atoms. The Kier molecular flexibility index (Phi) is 4.66. The van der Waals surface area contributed by atoms with E-state index in [2.05, 4.69) is 0 Å². The predicted octanol–water partition coefficient (Wildman–Crippen LogP) is 4.74. The molecular weight excluding hydrogens is 464 g/mol. The normalized spacial score (nSPS) is 21.4. The van der Waals surface area contributed by atoms with Crippen LogP contribution in [-0.2, 0) is 0 Å². The first-order valence-corrected chi connectivity index (χ1v) is 11.6. The first-order chi connectivity index (χ1) is 17.0. The van der Waals surface area contributed by atoms with Gasteiger partial charge in [0.2, 0.25) is 0 Å². The summed E-state index contributed by atoms with van der Waals surface area (Å²) in [5.41, 5.74) is -1.04. The summed E-state index contributed by atoms with van der Waals surface area (Å²) in [5, 5.41) is 12.6. The number of fused-ring (bicyclic) bond motifs is 5. The number of rotatable bonds is 2. The molecular formula is C28H24O8. The minimum Gasteiger partial charge on any atom is -0.484 e. The van der Waals surface area contributed by atoms with Gasteiger partial charge in [0, 0.05) is 23.6 Å². The molecule has 2 aromatic carbocycles. The zero-order valence-electron chi connectivity index (χ0n) is 20.2. The highest BCUT2D eigenvalue weighted by molar-refractivity contribution is 5.91. The van der Waals surface area contributed by atoms with Crippen LogP contribution in [0.4, 0.5) is 0 Å². The number of aliphatic hydroxyl groups is 1. The summed E-state index contributed by atoms with van der Waals surface area (Å²) in [6.45, 7) is 7.33. The van der Waals surface area contributed by atoms with E-state index in [0.29, 0.717) is 39.1 Å². The number of aliphatic hydroxyl groups excluding tert-OH is 1. The molecule has 0 saturated carbocycles. The summed E-state index contributed by atoms with van der Waals surface area (Å²) in [6, 6.07) is 11.1. The first kappa shape index (κ1) is 22.4. The first-order valence-electron chi connectivity index (χ1n) is 11.6. The molecule has 0 amide bonds. The molecule has 8 heteroatoms. The van der Waals surface area contributed by atoms with E-state index in [0.717, 1.165) is 0 Å². The van der Waals surface area contributed by atoms with E-state index in [1.165, 1.54) is 12.1 Å². The number of hydrogen-bond donors (Lipinski definition) is 1. The van der Waals surface area contributed by atoms with Gasteiger partial charge in [0.15, 0.2) is 6.10 Å². The topological polar surface area (TPSA) is 108 Å². The van der Waals surface area contributed by atoms with E-state index in [-0.39, 0.29) is 11.2 Å². The summed E-state index contributed by atoms with van der Waals surface area (Å²) in [6.07, 6.45) is 1.66. The van der Waals surface area contributed by atoms with Gasteiger partial charge in [-0.3, -0.25) is 0 Å². The molecule has 36 heavy (non-hydrogen) atoms. The van der Waals surface area contributed by atoms with Gasteiger partial charge in [-0.15, -0.1) is 0 Å². The molecule has 184 valence electrons. The van der Waals surface area contributed by atoms with Crippen LogP contribution in [0.15, 0.2) is 67.0 Å². The third-order valence-electron chi connectivity index (χ3n) is 6.59. The second-order valence-corrected chi connectivity index (χ2v) is 10.2. The van der Waals surface area contributed by atoms with E-state index in [1.807, 2.05) is 26.0 Å². The number of hydrogen-bond acceptors (Lipinski definition) is 8. The Labute approximate surface area is 205 Å². The Morgan fingerprint density at radius 2 is 1.61 bits per heavy atom. The van der Waals surface area contributed by atoms with Gasteiger partial charge in [-0.05, 0) is 64.1 Å². The van der Waals surface area contributed by atoms with Crippen molar-refractivity contribution in [1.29, 1.82) is 0 Å². The summed E-state index contributed by atoms with van der Waals surface area (Å²) < 4.78 is 29.9. The molecule has 2 aliphatic heterocycles. The van der Waals surface area contributed by atoms with Crippen molar-refractivity contribution in [2.45, 2.75) is 51.1 Å². The molecule has 0 radical (unpaired) electrons. The quantitative estimate of drug-likeness (QED) is 0.403. The minimum absolute atomic E-state index is 0.271. The van der Waals surface area contributed by atoms with Crippen molar-refractivity contribution in [3.63, 3.8) is 0 Å². The lowest BCUT2D eigenvalue weighted by Crippen LogP contribution is -2.50. The van der Waals surface area contributed by atoms with E-state index in [1.54, 1.807) is 44.2 Å². The fourth-order valence-corrected chi connectivity index (χ4v) is 4.76. The summed E-state index contributed by atoms with van der Waals surface area (Å²) in [7, 11) is 0. The predicted molar refractivity (Wildman–Crippen MR) is 133 cm³/mol. The summed E-state index contributed by atoms with van der Waals surface area (Å²) in [4.78, 5) is 24.1. The van der Waals surface area contributed by atoms with Crippen LogP contribution in [-0.4, -0.2) is 22.4 Å². The van der Waals surface area contributed by atoms with Crippen molar-refractivity contribution in [2.75, 3.05) is 0 Å². The smallest absolute Gasteiger partial charge is 0.336 e. The van der Waals surface area contributed by atoms with E-state index >= 15 is 0 Å². The van der Waals surface area contributed by atoms with E-state index < -0.39 is 34.7 Å². The van der Waals surface area contributed by atoms with Crippen molar-refractivity contribution >= 4 is 28.0 Å². The minimum atomic E-state index is -1.15. The van der Waals surface area contributed by atoms with Gasteiger partial charge >= 0.3 is 11.3 Å². The van der Waals surface area contributed by atoms with Gasteiger partial charge in [0.25, 0.3) is 0 Å². The maximum atomic E-state index is 12.1. The van der Waals surface area contributed by atoms with Crippen LogP contribution >= 0.6 is 0 Å². The molecule has 0 saturated heterocycles. The SMILES string of the molecule is CC1(C)C=Cc2c(cc3oc(=O)ccc3c2O[C@@H]2c3c(ccc4ccc(=O)oc34)OC(C)(C)[C@@H]2O)O1. The zero-order chi connectivity index (χ0) is 25.4. The van der Waals surface area contributed by atoms with Gasteiger partial charge in [-0.2, -0.15) is 0 Å². The molecule has 4 aromatic rings. The standard InChI is InChI=1S/C28H24O8/c1-27(2)12-11-16-19(35-27)13-18-15(7-10-20(29)32-18)24(16)34-25-22-17(36-28(3,4)26(25)31)8-5-14-6-9-21(30)33-23(14)22/h5-13,25-26,31H,1-4H3/t25-,26-/m1/s1. The Morgan fingerprint density at radius 3 is 2.42 bits per heavy atom. The van der Waals surface area contributed by atoms with Gasteiger partial charge in [0.1, 0.15) is 45.7 Å². The average Bonchev–Trinajstić information content (AvgIpc) is 2.80. The monoisotopic (exact) mass is 488 g/mol. The highest BCUT2D eigenvalue weighted by Crippen LogP contribution is 2.49.